The lowest BCUT2D eigenvalue weighted by molar-refractivity contribution is -0.145. The molecule has 12 nitrogen and oxygen atoms in total. The van der Waals surface area contributed by atoms with Crippen molar-refractivity contribution in [1.82, 2.24) is 0 Å². The quantitative estimate of drug-likeness (QED) is 0.0381. The number of carboxylic acid groups (broad SMARTS) is 4. The maximum atomic E-state index is 12.7. The molecule has 55 heavy (non-hydrogen) atoms. The van der Waals surface area contributed by atoms with Crippen molar-refractivity contribution < 1.29 is 59.7 Å². The van der Waals surface area contributed by atoms with Gasteiger partial charge in [-0.05, 0) is 133 Å². The summed E-state index contributed by atoms with van der Waals surface area (Å²) in [6, 6.07) is 6.80. The molecule has 0 aromatic heterocycles. The maximum Gasteiger partial charge on any atom is 0.313 e. The average molecular weight is 765 g/mol. The van der Waals surface area contributed by atoms with Crippen molar-refractivity contribution in [3.8, 4) is 23.0 Å². The van der Waals surface area contributed by atoms with Crippen molar-refractivity contribution in [2.24, 2.45) is 21.7 Å². The predicted octanol–water partition coefficient (Wildman–Crippen LogP) is 7.78. The molecule has 12 heteroatoms. The number of unbranched alkanes of at least 4 members (excludes halogenated alkanes) is 3. The molecule has 4 aliphatic rings. The Morgan fingerprint density at radius 2 is 1.07 bits per heavy atom. The highest BCUT2D eigenvalue weighted by molar-refractivity contribution is 5.80. The highest BCUT2D eigenvalue weighted by atomic mass is 16.5. The molecule has 2 unspecified atom stereocenters. The van der Waals surface area contributed by atoms with E-state index >= 15 is 0 Å². The van der Waals surface area contributed by atoms with Crippen LogP contribution in [0.15, 0.2) is 24.3 Å². The molecule has 0 radical (unpaired) electrons. The zero-order valence-corrected chi connectivity index (χ0v) is 31.6. The van der Waals surface area contributed by atoms with Crippen LogP contribution in [0.25, 0.3) is 0 Å². The third-order valence-corrected chi connectivity index (χ3v) is 13.4. The van der Waals surface area contributed by atoms with Gasteiger partial charge in [0.25, 0.3) is 0 Å². The highest BCUT2D eigenvalue weighted by Gasteiger charge is 2.62. The molecule has 4 aliphatic carbocycles. The van der Waals surface area contributed by atoms with Crippen LogP contribution in [0.2, 0.25) is 0 Å². The van der Waals surface area contributed by atoms with E-state index in [4.69, 9.17) is 4.74 Å². The van der Waals surface area contributed by atoms with Crippen molar-refractivity contribution in [2.75, 3.05) is 0 Å². The Balaban J connectivity index is 1.06. The Kier molecular flexibility index (Phi) is 11.6. The minimum Gasteiger partial charge on any atom is -0.508 e. The van der Waals surface area contributed by atoms with Gasteiger partial charge in [-0.25, -0.2) is 0 Å². The lowest BCUT2D eigenvalue weighted by Gasteiger charge is -2.21. The Hall–Kier alpha value is -4.48. The van der Waals surface area contributed by atoms with Gasteiger partial charge in [0.05, 0.1) is 16.2 Å². The summed E-state index contributed by atoms with van der Waals surface area (Å²) in [6.45, 7) is 0. The number of phenolic OH excluding ortho intramolecular Hbond substituents is 3. The van der Waals surface area contributed by atoms with Gasteiger partial charge in [-0.15, -0.1) is 0 Å². The fourth-order valence-electron chi connectivity index (χ4n) is 8.76. The Morgan fingerprint density at radius 3 is 1.62 bits per heavy atom. The van der Waals surface area contributed by atoms with Crippen LogP contribution in [0.5, 0.6) is 23.0 Å². The molecular weight excluding hydrogens is 708 g/mol. The first-order chi connectivity index (χ1) is 26.2. The van der Waals surface area contributed by atoms with Gasteiger partial charge in [0.15, 0.2) is 11.5 Å². The average Bonchev–Trinajstić information content (AvgIpc) is 3.94. The number of rotatable bonds is 25. The minimum absolute atomic E-state index is 0.232. The molecule has 4 saturated carbocycles. The number of carboxylic acids is 4. The molecule has 0 saturated heterocycles. The van der Waals surface area contributed by atoms with Crippen LogP contribution in [0.1, 0.15) is 138 Å². The number of carbonyl (C=O) groups is 4. The summed E-state index contributed by atoms with van der Waals surface area (Å²) in [5, 5.41) is 71.6. The lowest BCUT2D eigenvalue weighted by Crippen LogP contribution is -2.22. The van der Waals surface area contributed by atoms with E-state index < -0.39 is 57.4 Å². The topological polar surface area (TPSA) is 219 Å². The van der Waals surface area contributed by atoms with Crippen molar-refractivity contribution in [3.05, 3.63) is 46.5 Å². The van der Waals surface area contributed by atoms with Crippen LogP contribution in [-0.4, -0.2) is 65.7 Å². The van der Waals surface area contributed by atoms with E-state index in [0.29, 0.717) is 94.6 Å². The second-order valence-electron chi connectivity index (χ2n) is 17.1. The Bertz CT molecular complexity index is 1790. The van der Waals surface area contributed by atoms with Crippen molar-refractivity contribution >= 4 is 23.9 Å². The molecular formula is C43H56O12. The van der Waals surface area contributed by atoms with Gasteiger partial charge < -0.3 is 40.5 Å². The fraction of sp³-hybridized carbons (Fsp3) is 0.628. The van der Waals surface area contributed by atoms with Crippen LogP contribution < -0.4 is 4.74 Å². The van der Waals surface area contributed by atoms with Crippen LogP contribution in [0, 0.1) is 21.7 Å². The third-order valence-electron chi connectivity index (χ3n) is 13.4. The molecule has 0 amide bonds. The van der Waals surface area contributed by atoms with Gasteiger partial charge in [0.1, 0.15) is 23.0 Å². The Morgan fingerprint density at radius 1 is 0.564 bits per heavy atom. The van der Waals surface area contributed by atoms with Gasteiger partial charge in [-0.1, -0.05) is 31.4 Å². The van der Waals surface area contributed by atoms with Crippen LogP contribution >= 0.6 is 0 Å². The molecule has 2 atom stereocenters. The number of benzene rings is 2. The molecule has 300 valence electrons. The van der Waals surface area contributed by atoms with Crippen molar-refractivity contribution in [2.45, 2.75) is 147 Å². The predicted molar refractivity (Wildman–Crippen MR) is 200 cm³/mol. The summed E-state index contributed by atoms with van der Waals surface area (Å²) in [5.41, 5.74) is -0.221. The van der Waals surface area contributed by atoms with Gasteiger partial charge in [-0.2, -0.15) is 0 Å². The van der Waals surface area contributed by atoms with E-state index in [9.17, 15) is 54.9 Å². The molecule has 0 heterocycles. The number of phenols is 3. The number of aryl methyl sites for hydroxylation is 1. The summed E-state index contributed by atoms with van der Waals surface area (Å²) in [5.74, 6) is -3.58. The SMILES string of the molecule is O=C(O)C1(CCCCc2cccc(O)c2CCCCCC2(C(=O)O)CC2Oc2cc(O)c(O)c(CCCC3(C(=O)O)CC3)c2CCCC2(C(=O)O)CC2)CC1. The van der Waals surface area contributed by atoms with Gasteiger partial charge in [-0.3, -0.25) is 19.2 Å². The van der Waals surface area contributed by atoms with Gasteiger partial charge in [0, 0.05) is 23.6 Å². The summed E-state index contributed by atoms with van der Waals surface area (Å²) in [7, 11) is 0. The second-order valence-corrected chi connectivity index (χ2v) is 17.1. The molecule has 0 bridgehead atoms. The smallest absolute Gasteiger partial charge is 0.313 e. The number of hydrogen-bond acceptors (Lipinski definition) is 8. The molecule has 6 rings (SSSR count). The second kappa shape index (κ2) is 15.9. The number of aliphatic carboxylic acids is 4. The molecule has 0 aliphatic heterocycles. The van der Waals surface area contributed by atoms with E-state index in [1.807, 2.05) is 12.1 Å². The monoisotopic (exact) mass is 764 g/mol. The first kappa shape index (κ1) is 40.2. The zero-order valence-electron chi connectivity index (χ0n) is 31.6. The van der Waals surface area contributed by atoms with Crippen LogP contribution in [-0.2, 0) is 44.9 Å². The zero-order chi connectivity index (χ0) is 39.6. The highest BCUT2D eigenvalue weighted by Crippen LogP contribution is 2.55. The number of aromatic hydroxyl groups is 3. The molecule has 0 spiro atoms. The minimum atomic E-state index is -1.12. The normalized spacial score (nSPS) is 22.1. The lowest BCUT2D eigenvalue weighted by atomic mass is 9.90. The van der Waals surface area contributed by atoms with E-state index in [2.05, 4.69) is 0 Å². The number of hydrogen-bond donors (Lipinski definition) is 7. The maximum absolute atomic E-state index is 12.7. The van der Waals surface area contributed by atoms with Crippen molar-refractivity contribution in [1.29, 1.82) is 0 Å². The van der Waals surface area contributed by atoms with E-state index in [0.717, 1.165) is 56.1 Å². The summed E-state index contributed by atoms with van der Waals surface area (Å²) < 4.78 is 6.37. The van der Waals surface area contributed by atoms with Crippen LogP contribution in [0.4, 0.5) is 0 Å². The largest absolute Gasteiger partial charge is 0.508 e. The van der Waals surface area contributed by atoms with Crippen molar-refractivity contribution in [3.63, 3.8) is 0 Å². The summed E-state index contributed by atoms with van der Waals surface area (Å²) in [6.07, 6.45) is 12.1. The molecule has 2 aromatic rings. The summed E-state index contributed by atoms with van der Waals surface area (Å²) >= 11 is 0. The molecule has 2 aromatic carbocycles. The first-order valence-corrected chi connectivity index (χ1v) is 20.1. The molecule has 7 N–H and O–H groups in total. The molecule has 4 fully saturated rings. The van der Waals surface area contributed by atoms with Gasteiger partial charge >= 0.3 is 23.9 Å². The fourth-order valence-corrected chi connectivity index (χ4v) is 8.76. The third kappa shape index (κ3) is 8.83. The Labute approximate surface area is 321 Å². The number of ether oxygens (including phenoxy) is 1. The standard InChI is InChI=1S/C43H56O12/c44-31-14-6-10-27(9-3-5-15-40(19-20-40)36(47)48)28(31)11-2-1-4-18-43(39(53)54)26-34(43)55-33-25-32(45)35(46)30(13-8-17-42(23-24-42)38(51)52)29(33)12-7-16-41(21-22-41)37(49)50/h6,10,14,25,34,44-46H,1-5,7-9,11-13,15-24,26H2,(H,47,48)(H,49,50)(H,51,52)(H,53,54). The van der Waals surface area contributed by atoms with Gasteiger partial charge in [0.2, 0.25) is 0 Å². The van der Waals surface area contributed by atoms with E-state index in [1.54, 1.807) is 6.07 Å². The van der Waals surface area contributed by atoms with Crippen LogP contribution in [0.3, 0.4) is 0 Å². The summed E-state index contributed by atoms with van der Waals surface area (Å²) in [4.78, 5) is 47.8. The first-order valence-electron chi connectivity index (χ1n) is 20.1. The van der Waals surface area contributed by atoms with E-state index in [-0.39, 0.29) is 30.1 Å². The van der Waals surface area contributed by atoms with E-state index in [1.165, 1.54) is 6.07 Å².